The van der Waals surface area contributed by atoms with Crippen LogP contribution in [0.15, 0.2) is 12.1 Å². The molecule has 0 aliphatic rings. The standard InChI is InChI=1S/C10H10F3/c1-6(2)3-8-9(12)4-7(11)5-10(8)13/h4-6H,1,3H2,2H3. The Morgan fingerprint density at radius 1 is 1.23 bits per heavy atom. The molecule has 1 radical (unpaired) electrons. The molecule has 0 aromatic heterocycles. The normalized spacial score (nSPS) is 10.9. The highest BCUT2D eigenvalue weighted by atomic mass is 19.1. The van der Waals surface area contributed by atoms with Gasteiger partial charge in [-0.15, -0.1) is 0 Å². The van der Waals surface area contributed by atoms with Crippen LogP contribution in [0.3, 0.4) is 0 Å². The third kappa shape index (κ3) is 2.47. The minimum absolute atomic E-state index is 0.0936. The lowest BCUT2D eigenvalue weighted by atomic mass is 10.0. The molecular weight excluding hydrogens is 177 g/mol. The first kappa shape index (κ1) is 10.1. The molecule has 0 aliphatic heterocycles. The number of hydrogen-bond acceptors (Lipinski definition) is 0. The molecule has 0 saturated heterocycles. The first-order valence-corrected chi connectivity index (χ1v) is 3.97. The van der Waals surface area contributed by atoms with E-state index in [-0.39, 0.29) is 17.9 Å². The summed E-state index contributed by atoms with van der Waals surface area (Å²) in [4.78, 5) is 0. The monoisotopic (exact) mass is 187 g/mol. The van der Waals surface area contributed by atoms with Gasteiger partial charge in [-0.3, -0.25) is 0 Å². The topological polar surface area (TPSA) is 0 Å². The quantitative estimate of drug-likeness (QED) is 0.667. The summed E-state index contributed by atoms with van der Waals surface area (Å²) in [6.45, 7) is 5.35. The van der Waals surface area contributed by atoms with Gasteiger partial charge in [0.1, 0.15) is 17.5 Å². The van der Waals surface area contributed by atoms with Gasteiger partial charge in [-0.2, -0.15) is 0 Å². The first-order chi connectivity index (χ1) is 6.00. The second kappa shape index (κ2) is 3.81. The minimum Gasteiger partial charge on any atom is -0.207 e. The van der Waals surface area contributed by atoms with Crippen LogP contribution in [0.4, 0.5) is 13.2 Å². The maximum absolute atomic E-state index is 13.0. The highest BCUT2D eigenvalue weighted by Gasteiger charge is 2.12. The molecule has 0 amide bonds. The van der Waals surface area contributed by atoms with E-state index in [1.807, 2.05) is 0 Å². The minimum atomic E-state index is -0.893. The predicted molar refractivity (Wildman–Crippen MR) is 44.5 cm³/mol. The summed E-state index contributed by atoms with van der Waals surface area (Å²) in [6.07, 6.45) is 0.179. The molecule has 0 nitrogen and oxygen atoms in total. The van der Waals surface area contributed by atoms with Crippen LogP contribution in [0.5, 0.6) is 0 Å². The third-order valence-corrected chi connectivity index (χ3v) is 1.66. The maximum Gasteiger partial charge on any atom is 0.132 e. The zero-order chi connectivity index (χ0) is 10.0. The molecule has 0 heterocycles. The summed E-state index contributed by atoms with van der Waals surface area (Å²) >= 11 is 0. The summed E-state index contributed by atoms with van der Waals surface area (Å²) in [6, 6.07) is 1.36. The van der Waals surface area contributed by atoms with Crippen molar-refractivity contribution in [3.05, 3.63) is 42.1 Å². The highest BCUT2D eigenvalue weighted by Crippen LogP contribution is 2.17. The highest BCUT2D eigenvalue weighted by molar-refractivity contribution is 5.21. The zero-order valence-corrected chi connectivity index (χ0v) is 7.28. The second-order valence-electron chi connectivity index (χ2n) is 3.16. The van der Waals surface area contributed by atoms with Gasteiger partial charge >= 0.3 is 0 Å². The zero-order valence-electron chi connectivity index (χ0n) is 7.28. The summed E-state index contributed by atoms with van der Waals surface area (Å²) in [5.41, 5.74) is -0.0936. The average Bonchev–Trinajstić information content (AvgIpc) is 1.96. The van der Waals surface area contributed by atoms with Gasteiger partial charge in [-0.25, -0.2) is 13.2 Å². The molecule has 1 unspecified atom stereocenters. The Morgan fingerprint density at radius 3 is 2.08 bits per heavy atom. The van der Waals surface area contributed by atoms with E-state index in [4.69, 9.17) is 0 Å². The van der Waals surface area contributed by atoms with Crippen LogP contribution >= 0.6 is 0 Å². The number of benzene rings is 1. The molecule has 0 fully saturated rings. The fourth-order valence-corrected chi connectivity index (χ4v) is 1.12. The van der Waals surface area contributed by atoms with Gasteiger partial charge in [0, 0.05) is 17.7 Å². The molecule has 3 heteroatoms. The molecule has 0 spiro atoms. The molecule has 0 aliphatic carbocycles. The Hall–Kier alpha value is -0.990. The summed E-state index contributed by atoms with van der Waals surface area (Å²) in [5, 5.41) is 0. The smallest absolute Gasteiger partial charge is 0.132 e. The van der Waals surface area contributed by atoms with Gasteiger partial charge in [-0.1, -0.05) is 13.8 Å². The number of rotatable bonds is 2. The van der Waals surface area contributed by atoms with E-state index in [1.54, 1.807) is 6.92 Å². The lowest BCUT2D eigenvalue weighted by molar-refractivity contribution is 0.511. The van der Waals surface area contributed by atoms with Crippen molar-refractivity contribution in [2.75, 3.05) is 0 Å². The van der Waals surface area contributed by atoms with E-state index in [0.29, 0.717) is 12.1 Å². The first-order valence-electron chi connectivity index (χ1n) is 3.97. The summed E-state index contributed by atoms with van der Waals surface area (Å²) in [5.74, 6) is -2.68. The molecule has 71 valence electrons. The maximum atomic E-state index is 13.0. The van der Waals surface area contributed by atoms with Crippen LogP contribution in [0.1, 0.15) is 12.5 Å². The SMILES string of the molecule is [CH2]C(C)Cc1c(F)cc(F)cc1F. The molecule has 0 bridgehead atoms. The molecule has 13 heavy (non-hydrogen) atoms. The average molecular weight is 187 g/mol. The van der Waals surface area contributed by atoms with Crippen molar-refractivity contribution in [2.45, 2.75) is 13.3 Å². The Kier molecular flexibility index (Phi) is 2.96. The van der Waals surface area contributed by atoms with Crippen LogP contribution < -0.4 is 0 Å². The van der Waals surface area contributed by atoms with E-state index in [0.717, 1.165) is 0 Å². The Labute approximate surface area is 75.4 Å². The van der Waals surface area contributed by atoms with Crippen LogP contribution in [0, 0.1) is 30.3 Å². The van der Waals surface area contributed by atoms with Crippen molar-refractivity contribution in [3.8, 4) is 0 Å². The fourth-order valence-electron chi connectivity index (χ4n) is 1.12. The number of halogens is 3. The van der Waals surface area contributed by atoms with E-state index < -0.39 is 17.5 Å². The van der Waals surface area contributed by atoms with Crippen LogP contribution in [0.25, 0.3) is 0 Å². The van der Waals surface area contributed by atoms with Crippen molar-refractivity contribution in [1.82, 2.24) is 0 Å². The van der Waals surface area contributed by atoms with Crippen molar-refractivity contribution >= 4 is 0 Å². The molecule has 0 N–H and O–H groups in total. The largest absolute Gasteiger partial charge is 0.207 e. The molecule has 0 saturated carbocycles. The molecule has 1 atom stereocenters. The van der Waals surface area contributed by atoms with Crippen LogP contribution in [-0.2, 0) is 6.42 Å². The van der Waals surface area contributed by atoms with Crippen LogP contribution in [0.2, 0.25) is 0 Å². The van der Waals surface area contributed by atoms with E-state index >= 15 is 0 Å². The van der Waals surface area contributed by atoms with Crippen molar-refractivity contribution in [1.29, 1.82) is 0 Å². The summed E-state index contributed by atoms with van der Waals surface area (Å²) < 4.78 is 38.4. The Bertz CT molecular complexity index is 282. The molecule has 1 aromatic carbocycles. The predicted octanol–water partition coefficient (Wildman–Crippen LogP) is 3.12. The number of hydrogen-bond donors (Lipinski definition) is 0. The molecule has 1 rings (SSSR count). The van der Waals surface area contributed by atoms with Gasteiger partial charge in [0.25, 0.3) is 0 Å². The Morgan fingerprint density at radius 2 is 1.69 bits per heavy atom. The van der Waals surface area contributed by atoms with Crippen molar-refractivity contribution in [3.63, 3.8) is 0 Å². The second-order valence-corrected chi connectivity index (χ2v) is 3.16. The molecule has 1 aromatic rings. The third-order valence-electron chi connectivity index (χ3n) is 1.66. The van der Waals surface area contributed by atoms with E-state index in [2.05, 4.69) is 6.92 Å². The van der Waals surface area contributed by atoms with Gasteiger partial charge in [0.15, 0.2) is 0 Å². The Balaban J connectivity index is 3.06. The van der Waals surface area contributed by atoms with Gasteiger partial charge in [0.2, 0.25) is 0 Å². The van der Waals surface area contributed by atoms with E-state index in [9.17, 15) is 13.2 Å². The fraction of sp³-hybridized carbons (Fsp3) is 0.300. The van der Waals surface area contributed by atoms with Gasteiger partial charge in [0.05, 0.1) is 0 Å². The molecular formula is C10H10F3. The van der Waals surface area contributed by atoms with Crippen molar-refractivity contribution < 1.29 is 13.2 Å². The lowest BCUT2D eigenvalue weighted by Crippen LogP contribution is -2.02. The van der Waals surface area contributed by atoms with E-state index in [1.165, 1.54) is 0 Å². The van der Waals surface area contributed by atoms with Crippen LogP contribution in [-0.4, -0.2) is 0 Å². The lowest BCUT2D eigenvalue weighted by Gasteiger charge is -2.07. The summed E-state index contributed by atoms with van der Waals surface area (Å²) in [7, 11) is 0. The van der Waals surface area contributed by atoms with Gasteiger partial charge < -0.3 is 0 Å². The van der Waals surface area contributed by atoms with Crippen molar-refractivity contribution in [2.24, 2.45) is 5.92 Å². The van der Waals surface area contributed by atoms with Gasteiger partial charge in [-0.05, 0) is 12.3 Å².